The number of furan rings is 1. The highest BCUT2D eigenvalue weighted by molar-refractivity contribution is 7.89. The molecule has 27 heavy (non-hydrogen) atoms. The van der Waals surface area contributed by atoms with Gasteiger partial charge in [0.15, 0.2) is 0 Å². The van der Waals surface area contributed by atoms with Crippen LogP contribution in [0.25, 0.3) is 22.1 Å². The molecule has 1 aromatic heterocycles. The van der Waals surface area contributed by atoms with Crippen molar-refractivity contribution in [3.63, 3.8) is 0 Å². The highest BCUT2D eigenvalue weighted by atomic mass is 32.2. The van der Waals surface area contributed by atoms with E-state index in [1.165, 1.54) is 17.5 Å². The van der Waals surface area contributed by atoms with Crippen molar-refractivity contribution >= 4 is 32.7 Å². The fourth-order valence-corrected chi connectivity index (χ4v) is 3.30. The Hall–Kier alpha value is -3.22. The summed E-state index contributed by atoms with van der Waals surface area (Å²) in [6.45, 7) is 0. The number of hydrogen-bond donors (Lipinski definition) is 1. The van der Waals surface area contributed by atoms with E-state index in [4.69, 9.17) is 9.56 Å². The van der Waals surface area contributed by atoms with Crippen LogP contribution in [0.5, 0.6) is 0 Å². The summed E-state index contributed by atoms with van der Waals surface area (Å²) in [5, 5.41) is 7.40. The zero-order chi connectivity index (χ0) is 18.9. The summed E-state index contributed by atoms with van der Waals surface area (Å²) in [5.74, 6) is 1.23. The van der Waals surface area contributed by atoms with E-state index in [-0.39, 0.29) is 4.90 Å². The Balaban J connectivity index is 1.56. The third-order valence-corrected chi connectivity index (χ3v) is 5.10. The molecule has 5 nitrogen and oxygen atoms in total. The lowest BCUT2D eigenvalue weighted by Crippen LogP contribution is -2.11. The molecule has 0 fully saturated rings. The molecule has 0 aliphatic heterocycles. The van der Waals surface area contributed by atoms with Crippen LogP contribution >= 0.6 is 0 Å². The molecule has 134 valence electrons. The Morgan fingerprint density at radius 2 is 1.59 bits per heavy atom. The van der Waals surface area contributed by atoms with Crippen LogP contribution in [0, 0.1) is 0 Å². The average Bonchev–Trinajstić information content (AvgIpc) is 3.15. The van der Waals surface area contributed by atoms with Crippen LogP contribution in [0.3, 0.4) is 0 Å². The van der Waals surface area contributed by atoms with Gasteiger partial charge in [0, 0.05) is 5.56 Å². The molecule has 0 spiro atoms. The smallest absolute Gasteiger partial charge is 0.238 e. The lowest BCUT2D eigenvalue weighted by atomic mass is 10.1. The number of nitrogens with two attached hydrogens (primary N) is 1. The Labute approximate surface area is 156 Å². The molecular formula is C21H16N2O3S. The molecular weight excluding hydrogens is 360 g/mol. The molecule has 0 unspecified atom stereocenters. The third kappa shape index (κ3) is 3.81. The number of hydrogen-bond acceptors (Lipinski definition) is 4. The number of sulfonamides is 1. The maximum atomic E-state index is 11.3. The highest BCUT2D eigenvalue weighted by Crippen LogP contribution is 2.24. The predicted molar refractivity (Wildman–Crippen MR) is 107 cm³/mol. The zero-order valence-electron chi connectivity index (χ0n) is 14.2. The second kappa shape index (κ2) is 6.83. The van der Waals surface area contributed by atoms with E-state index >= 15 is 0 Å². The summed E-state index contributed by atoms with van der Waals surface area (Å²) in [6.07, 6.45) is 1.66. The summed E-state index contributed by atoms with van der Waals surface area (Å²) in [7, 11) is -3.70. The van der Waals surface area contributed by atoms with Crippen molar-refractivity contribution in [2.75, 3.05) is 0 Å². The minimum absolute atomic E-state index is 0.0656. The fourth-order valence-electron chi connectivity index (χ4n) is 2.78. The molecule has 4 aromatic rings. The van der Waals surface area contributed by atoms with Crippen molar-refractivity contribution in [3.8, 4) is 11.3 Å². The lowest BCUT2D eigenvalue weighted by Gasteiger charge is -2.00. The molecule has 0 amide bonds. The summed E-state index contributed by atoms with van der Waals surface area (Å²) in [4.78, 5) is 4.53. The molecule has 0 saturated carbocycles. The van der Waals surface area contributed by atoms with Crippen molar-refractivity contribution in [2.24, 2.45) is 10.1 Å². The van der Waals surface area contributed by atoms with E-state index in [0.29, 0.717) is 11.5 Å². The second-order valence-electron chi connectivity index (χ2n) is 6.06. The first kappa shape index (κ1) is 17.2. The molecule has 1 heterocycles. The minimum Gasteiger partial charge on any atom is -0.455 e. The number of benzene rings is 3. The standard InChI is InChI=1S/C21H16N2O3S/c22-27(24,25)20-10-6-16(7-11-20)21-12-9-19(26-21)14-23-18-8-5-15-3-1-2-4-17(15)13-18/h1-14H,(H2,22,24,25). The van der Waals surface area contributed by atoms with E-state index in [1.807, 2.05) is 48.5 Å². The van der Waals surface area contributed by atoms with Crippen molar-refractivity contribution in [2.45, 2.75) is 4.90 Å². The molecule has 0 aliphatic carbocycles. The van der Waals surface area contributed by atoms with Gasteiger partial charge < -0.3 is 4.42 Å². The first-order valence-corrected chi connectivity index (χ1v) is 9.80. The van der Waals surface area contributed by atoms with Gasteiger partial charge in [0.1, 0.15) is 11.5 Å². The SMILES string of the molecule is NS(=O)(=O)c1ccc(-c2ccc(C=Nc3ccc4ccccc4c3)o2)cc1. The van der Waals surface area contributed by atoms with Crippen LogP contribution in [-0.4, -0.2) is 14.6 Å². The van der Waals surface area contributed by atoms with Crippen LogP contribution < -0.4 is 5.14 Å². The van der Waals surface area contributed by atoms with Gasteiger partial charge in [-0.15, -0.1) is 0 Å². The fraction of sp³-hybridized carbons (Fsp3) is 0. The highest BCUT2D eigenvalue weighted by Gasteiger charge is 2.09. The number of primary sulfonamides is 1. The van der Waals surface area contributed by atoms with Crippen LogP contribution in [0.15, 0.2) is 93.2 Å². The van der Waals surface area contributed by atoms with E-state index < -0.39 is 10.0 Å². The summed E-state index contributed by atoms with van der Waals surface area (Å²) >= 11 is 0. The largest absolute Gasteiger partial charge is 0.455 e. The quantitative estimate of drug-likeness (QED) is 0.532. The first-order valence-electron chi connectivity index (χ1n) is 8.25. The van der Waals surface area contributed by atoms with Crippen LogP contribution in [-0.2, 0) is 10.0 Å². The monoisotopic (exact) mass is 376 g/mol. The summed E-state index contributed by atoms with van der Waals surface area (Å²) in [5.41, 5.74) is 1.59. The Morgan fingerprint density at radius 3 is 2.33 bits per heavy atom. The maximum Gasteiger partial charge on any atom is 0.238 e. The van der Waals surface area contributed by atoms with Gasteiger partial charge in [-0.25, -0.2) is 13.6 Å². The van der Waals surface area contributed by atoms with Gasteiger partial charge >= 0.3 is 0 Å². The molecule has 6 heteroatoms. The average molecular weight is 376 g/mol. The predicted octanol–water partition coefficient (Wildman–Crippen LogP) is 4.50. The molecule has 0 aliphatic rings. The van der Waals surface area contributed by atoms with E-state index in [1.54, 1.807) is 18.3 Å². The van der Waals surface area contributed by atoms with E-state index in [2.05, 4.69) is 11.1 Å². The van der Waals surface area contributed by atoms with Crippen molar-refractivity contribution in [1.82, 2.24) is 0 Å². The van der Waals surface area contributed by atoms with Gasteiger partial charge in [-0.1, -0.05) is 30.3 Å². The molecule has 0 bridgehead atoms. The van der Waals surface area contributed by atoms with Gasteiger partial charge in [-0.3, -0.25) is 4.99 Å². The first-order chi connectivity index (χ1) is 13.0. The molecule has 0 radical (unpaired) electrons. The molecule has 4 rings (SSSR count). The second-order valence-corrected chi connectivity index (χ2v) is 7.62. The number of nitrogens with zero attached hydrogens (tertiary/aromatic N) is 1. The number of fused-ring (bicyclic) bond motifs is 1. The van der Waals surface area contributed by atoms with Gasteiger partial charge in [0.05, 0.1) is 16.8 Å². The van der Waals surface area contributed by atoms with Gasteiger partial charge in [0.2, 0.25) is 10.0 Å². The molecule has 0 saturated heterocycles. The molecule has 0 atom stereocenters. The maximum absolute atomic E-state index is 11.3. The topological polar surface area (TPSA) is 85.7 Å². The van der Waals surface area contributed by atoms with Crippen LogP contribution in [0.1, 0.15) is 5.76 Å². The van der Waals surface area contributed by atoms with Gasteiger partial charge in [-0.2, -0.15) is 0 Å². The lowest BCUT2D eigenvalue weighted by molar-refractivity contribution is 0.575. The van der Waals surface area contributed by atoms with Gasteiger partial charge in [-0.05, 0) is 59.3 Å². The zero-order valence-corrected chi connectivity index (χ0v) is 15.1. The number of rotatable bonds is 4. The van der Waals surface area contributed by atoms with Gasteiger partial charge in [0.25, 0.3) is 0 Å². The Bertz CT molecular complexity index is 1240. The van der Waals surface area contributed by atoms with E-state index in [9.17, 15) is 8.42 Å². The third-order valence-electron chi connectivity index (χ3n) is 4.17. The van der Waals surface area contributed by atoms with Crippen LogP contribution in [0.2, 0.25) is 0 Å². The molecule has 3 aromatic carbocycles. The minimum atomic E-state index is -3.70. The van der Waals surface area contributed by atoms with Crippen molar-refractivity contribution < 1.29 is 12.8 Å². The normalized spacial score (nSPS) is 12.0. The van der Waals surface area contributed by atoms with E-state index in [0.717, 1.165) is 16.6 Å². The summed E-state index contributed by atoms with van der Waals surface area (Å²) < 4.78 is 28.4. The number of aliphatic imine (C=N–C) groups is 1. The summed E-state index contributed by atoms with van der Waals surface area (Å²) in [6, 6.07) is 24.0. The Kier molecular flexibility index (Phi) is 4.35. The van der Waals surface area contributed by atoms with Crippen LogP contribution in [0.4, 0.5) is 5.69 Å². The van der Waals surface area contributed by atoms with Crippen molar-refractivity contribution in [3.05, 3.63) is 84.6 Å². The molecule has 2 N–H and O–H groups in total. The Morgan fingerprint density at radius 1 is 0.852 bits per heavy atom. The van der Waals surface area contributed by atoms with Crippen molar-refractivity contribution in [1.29, 1.82) is 0 Å².